The molecule has 1 N–H and O–H groups in total. The van der Waals surface area contributed by atoms with E-state index in [4.69, 9.17) is 6.42 Å². The molecule has 0 radical (unpaired) electrons. The van der Waals surface area contributed by atoms with Crippen LogP contribution in [-0.2, 0) is 0 Å². The van der Waals surface area contributed by atoms with E-state index in [0.29, 0.717) is 0 Å². The van der Waals surface area contributed by atoms with Gasteiger partial charge in [0.2, 0.25) is 0 Å². The normalized spacial score (nSPS) is 10.2. The summed E-state index contributed by atoms with van der Waals surface area (Å²) in [6.45, 7) is 0. The zero-order valence-corrected chi connectivity index (χ0v) is 12.1. The van der Waals surface area contributed by atoms with Crippen LogP contribution in [0.15, 0.2) is 53.3 Å². The number of aromatic nitrogens is 2. The van der Waals surface area contributed by atoms with Gasteiger partial charge in [-0.2, -0.15) is 0 Å². The van der Waals surface area contributed by atoms with E-state index in [1.165, 1.54) is 0 Å². The molecule has 0 aliphatic heterocycles. The third-order valence-electron chi connectivity index (χ3n) is 2.89. The number of halogens is 1. The number of rotatable bonds is 2. The molecule has 4 heteroatoms. The van der Waals surface area contributed by atoms with Crippen molar-refractivity contribution >= 4 is 38.3 Å². The number of benzene rings is 2. The third kappa shape index (κ3) is 2.49. The summed E-state index contributed by atoms with van der Waals surface area (Å²) < 4.78 is 0.986. The first-order chi connectivity index (χ1) is 9.76. The fourth-order valence-corrected chi connectivity index (χ4v) is 2.31. The van der Waals surface area contributed by atoms with Gasteiger partial charge in [0.1, 0.15) is 12.1 Å². The van der Waals surface area contributed by atoms with Crippen molar-refractivity contribution in [3.05, 3.63) is 58.8 Å². The monoisotopic (exact) mass is 323 g/mol. The van der Waals surface area contributed by atoms with Crippen molar-refractivity contribution in [2.75, 3.05) is 5.32 Å². The molecule has 0 amide bonds. The van der Waals surface area contributed by atoms with Crippen LogP contribution in [0.5, 0.6) is 0 Å². The molecule has 0 bridgehead atoms. The third-order valence-corrected chi connectivity index (χ3v) is 3.38. The van der Waals surface area contributed by atoms with Crippen LogP contribution in [0.3, 0.4) is 0 Å². The van der Waals surface area contributed by atoms with Crippen molar-refractivity contribution in [3.8, 4) is 12.3 Å². The predicted molar refractivity (Wildman–Crippen MR) is 84.9 cm³/mol. The van der Waals surface area contributed by atoms with Crippen LogP contribution in [0.2, 0.25) is 0 Å². The molecular weight excluding hydrogens is 314 g/mol. The van der Waals surface area contributed by atoms with Gasteiger partial charge in [-0.3, -0.25) is 0 Å². The van der Waals surface area contributed by atoms with E-state index in [0.717, 1.165) is 32.4 Å². The summed E-state index contributed by atoms with van der Waals surface area (Å²) in [5.41, 5.74) is 2.62. The quantitative estimate of drug-likeness (QED) is 0.721. The van der Waals surface area contributed by atoms with E-state index in [1.807, 2.05) is 42.5 Å². The van der Waals surface area contributed by atoms with Crippen molar-refractivity contribution < 1.29 is 0 Å². The second-order valence-corrected chi connectivity index (χ2v) is 5.15. The molecular formula is C16H10BrN3. The first-order valence-electron chi connectivity index (χ1n) is 6.00. The first kappa shape index (κ1) is 12.6. The molecule has 3 rings (SSSR count). The van der Waals surface area contributed by atoms with Crippen LogP contribution in [0.4, 0.5) is 11.5 Å². The molecule has 3 aromatic rings. The zero-order valence-electron chi connectivity index (χ0n) is 10.5. The average molecular weight is 324 g/mol. The molecule has 0 aliphatic rings. The van der Waals surface area contributed by atoms with E-state index >= 15 is 0 Å². The summed E-state index contributed by atoms with van der Waals surface area (Å²) in [7, 11) is 0. The van der Waals surface area contributed by atoms with Crippen molar-refractivity contribution in [1.82, 2.24) is 9.97 Å². The Balaban J connectivity index is 2.06. The number of anilines is 2. The van der Waals surface area contributed by atoms with Crippen molar-refractivity contribution in [3.63, 3.8) is 0 Å². The van der Waals surface area contributed by atoms with Gasteiger partial charge >= 0.3 is 0 Å². The van der Waals surface area contributed by atoms with Gasteiger partial charge in [-0.25, -0.2) is 9.97 Å². The summed E-state index contributed by atoms with van der Waals surface area (Å²) >= 11 is 3.46. The SMILES string of the molecule is C#Cc1cccc(Nc2ncnc3ccc(Br)cc23)c1. The molecule has 0 atom stereocenters. The Bertz CT molecular complexity index is 821. The van der Waals surface area contributed by atoms with E-state index in [-0.39, 0.29) is 0 Å². The number of hydrogen-bond acceptors (Lipinski definition) is 3. The standard InChI is InChI=1S/C16H10BrN3/c1-2-11-4-3-5-13(8-11)20-16-14-9-12(17)6-7-15(14)18-10-19-16/h1,3-10H,(H,18,19,20). The van der Waals surface area contributed by atoms with Crippen molar-refractivity contribution in [1.29, 1.82) is 0 Å². The molecule has 0 saturated heterocycles. The van der Waals surface area contributed by atoms with Crippen LogP contribution < -0.4 is 5.32 Å². The number of fused-ring (bicyclic) bond motifs is 1. The molecule has 20 heavy (non-hydrogen) atoms. The molecule has 0 fully saturated rings. The van der Waals surface area contributed by atoms with Crippen LogP contribution >= 0.6 is 15.9 Å². The summed E-state index contributed by atoms with van der Waals surface area (Å²) in [5, 5.41) is 4.23. The van der Waals surface area contributed by atoms with Gasteiger partial charge in [-0.1, -0.05) is 27.9 Å². The minimum Gasteiger partial charge on any atom is -0.340 e. The van der Waals surface area contributed by atoms with Crippen LogP contribution in [-0.4, -0.2) is 9.97 Å². The van der Waals surface area contributed by atoms with Crippen LogP contribution in [0, 0.1) is 12.3 Å². The highest BCUT2D eigenvalue weighted by Gasteiger charge is 2.05. The van der Waals surface area contributed by atoms with Gasteiger partial charge in [-0.05, 0) is 36.4 Å². The van der Waals surface area contributed by atoms with Gasteiger partial charge in [-0.15, -0.1) is 6.42 Å². The van der Waals surface area contributed by atoms with E-state index < -0.39 is 0 Å². The Morgan fingerprint density at radius 3 is 2.85 bits per heavy atom. The van der Waals surface area contributed by atoms with Gasteiger partial charge < -0.3 is 5.32 Å². The van der Waals surface area contributed by atoms with Crippen molar-refractivity contribution in [2.45, 2.75) is 0 Å². The van der Waals surface area contributed by atoms with Crippen LogP contribution in [0.25, 0.3) is 10.9 Å². The lowest BCUT2D eigenvalue weighted by atomic mass is 10.2. The number of terminal acetylenes is 1. The summed E-state index contributed by atoms with van der Waals surface area (Å²) in [5.74, 6) is 3.37. The lowest BCUT2D eigenvalue weighted by molar-refractivity contribution is 1.22. The minimum absolute atomic E-state index is 0.755. The van der Waals surface area contributed by atoms with E-state index in [2.05, 4.69) is 37.1 Å². The second-order valence-electron chi connectivity index (χ2n) is 4.23. The largest absolute Gasteiger partial charge is 0.340 e. The summed E-state index contributed by atoms with van der Waals surface area (Å²) in [6, 6.07) is 13.6. The van der Waals surface area contributed by atoms with E-state index in [9.17, 15) is 0 Å². The molecule has 0 saturated carbocycles. The molecule has 0 aliphatic carbocycles. The Labute approximate surface area is 125 Å². The fraction of sp³-hybridized carbons (Fsp3) is 0. The van der Waals surface area contributed by atoms with Gasteiger partial charge in [0, 0.05) is 21.1 Å². The predicted octanol–water partition coefficient (Wildman–Crippen LogP) is 4.12. The fourth-order valence-electron chi connectivity index (χ4n) is 1.95. The minimum atomic E-state index is 0.755. The highest BCUT2D eigenvalue weighted by atomic mass is 79.9. The highest BCUT2D eigenvalue weighted by molar-refractivity contribution is 9.10. The van der Waals surface area contributed by atoms with Crippen LogP contribution in [0.1, 0.15) is 5.56 Å². The maximum Gasteiger partial charge on any atom is 0.141 e. The maximum atomic E-state index is 5.41. The summed E-state index contributed by atoms with van der Waals surface area (Å²) in [6.07, 6.45) is 6.96. The van der Waals surface area contributed by atoms with E-state index in [1.54, 1.807) is 6.33 Å². The van der Waals surface area contributed by atoms with Crippen molar-refractivity contribution in [2.24, 2.45) is 0 Å². The topological polar surface area (TPSA) is 37.8 Å². The number of nitrogens with zero attached hydrogens (tertiary/aromatic N) is 2. The molecule has 0 unspecified atom stereocenters. The molecule has 0 spiro atoms. The molecule has 1 aromatic heterocycles. The molecule has 3 nitrogen and oxygen atoms in total. The van der Waals surface area contributed by atoms with Gasteiger partial charge in [0.25, 0.3) is 0 Å². The lowest BCUT2D eigenvalue weighted by Gasteiger charge is -2.08. The Kier molecular flexibility index (Phi) is 3.36. The Morgan fingerprint density at radius 2 is 2.00 bits per heavy atom. The molecule has 96 valence electrons. The maximum absolute atomic E-state index is 5.41. The zero-order chi connectivity index (χ0) is 13.9. The number of nitrogens with one attached hydrogen (secondary N) is 1. The smallest absolute Gasteiger partial charge is 0.141 e. The Hall–Kier alpha value is -2.38. The molecule has 2 aromatic carbocycles. The highest BCUT2D eigenvalue weighted by Crippen LogP contribution is 2.26. The number of hydrogen-bond donors (Lipinski definition) is 1. The average Bonchev–Trinajstić information content (AvgIpc) is 2.48. The molecule has 1 heterocycles. The second kappa shape index (κ2) is 5.32. The van der Waals surface area contributed by atoms with Gasteiger partial charge in [0.05, 0.1) is 5.52 Å². The lowest BCUT2D eigenvalue weighted by Crippen LogP contribution is -1.96. The summed E-state index contributed by atoms with van der Waals surface area (Å²) in [4.78, 5) is 8.56. The Morgan fingerprint density at radius 1 is 1.10 bits per heavy atom. The first-order valence-corrected chi connectivity index (χ1v) is 6.79. The van der Waals surface area contributed by atoms with Gasteiger partial charge in [0.15, 0.2) is 0 Å².